The molecule has 1 aliphatic rings. The summed E-state index contributed by atoms with van der Waals surface area (Å²) in [4.78, 5) is 28.3. The Kier molecular flexibility index (Phi) is 7.73. The van der Waals surface area contributed by atoms with Crippen LogP contribution in [0.25, 0.3) is 0 Å². The fourth-order valence-corrected chi connectivity index (χ4v) is 5.02. The van der Waals surface area contributed by atoms with Crippen molar-refractivity contribution in [2.24, 2.45) is 0 Å². The molecule has 4 heterocycles. The molecule has 1 amide bonds. The van der Waals surface area contributed by atoms with E-state index in [4.69, 9.17) is 5.26 Å². The zero-order valence-corrected chi connectivity index (χ0v) is 21.4. The number of amides is 1. The Hall–Kier alpha value is -3.36. The van der Waals surface area contributed by atoms with E-state index < -0.39 is 0 Å². The maximum atomic E-state index is 12.6. The minimum atomic E-state index is -0.216. The minimum absolute atomic E-state index is 0.216. The fourth-order valence-electron chi connectivity index (χ4n) is 4.32. The zero-order chi connectivity index (χ0) is 24.9. The SMILES string of the molecule is Cc1nc(Nc2nc(C(=O)NCCn3nc(C)c(C)c3C)cs2)cc(C2CCCN(CC#N)C2)n1. The number of aromatic nitrogens is 5. The van der Waals surface area contributed by atoms with Crippen molar-refractivity contribution in [2.45, 2.75) is 53.0 Å². The van der Waals surface area contributed by atoms with Crippen LogP contribution in [0.3, 0.4) is 0 Å². The highest BCUT2D eigenvalue weighted by atomic mass is 32.1. The average molecular weight is 494 g/mol. The summed E-state index contributed by atoms with van der Waals surface area (Å²) in [6, 6.07) is 4.19. The highest BCUT2D eigenvalue weighted by Gasteiger charge is 2.23. The third kappa shape index (κ3) is 6.01. The van der Waals surface area contributed by atoms with Gasteiger partial charge >= 0.3 is 0 Å². The van der Waals surface area contributed by atoms with Gasteiger partial charge in [0.25, 0.3) is 5.91 Å². The summed E-state index contributed by atoms with van der Waals surface area (Å²) >= 11 is 1.36. The summed E-state index contributed by atoms with van der Waals surface area (Å²) in [5.41, 5.74) is 4.64. The van der Waals surface area contributed by atoms with Gasteiger partial charge in [-0.3, -0.25) is 14.4 Å². The molecule has 1 unspecified atom stereocenters. The molecular weight excluding hydrogens is 462 g/mol. The van der Waals surface area contributed by atoms with Gasteiger partial charge in [-0.05, 0) is 52.6 Å². The molecule has 0 bridgehead atoms. The number of hydrogen-bond donors (Lipinski definition) is 2. The van der Waals surface area contributed by atoms with Crippen LogP contribution in [0.5, 0.6) is 0 Å². The number of nitriles is 1. The van der Waals surface area contributed by atoms with Crippen molar-refractivity contribution in [3.05, 3.63) is 45.6 Å². The van der Waals surface area contributed by atoms with E-state index in [2.05, 4.69) is 48.6 Å². The molecule has 1 fully saturated rings. The third-order valence-electron chi connectivity index (χ3n) is 6.40. The number of carbonyl (C=O) groups excluding carboxylic acids is 1. The predicted octanol–water partition coefficient (Wildman–Crippen LogP) is 3.24. The zero-order valence-electron chi connectivity index (χ0n) is 20.6. The van der Waals surface area contributed by atoms with Gasteiger partial charge < -0.3 is 10.6 Å². The van der Waals surface area contributed by atoms with Gasteiger partial charge in [0, 0.05) is 36.1 Å². The quantitative estimate of drug-likeness (QED) is 0.458. The molecular formula is C24H31N9OS. The summed E-state index contributed by atoms with van der Waals surface area (Å²) in [5, 5.41) is 22.0. The van der Waals surface area contributed by atoms with Gasteiger partial charge in [0.15, 0.2) is 5.13 Å². The number of carbonyl (C=O) groups is 1. The lowest BCUT2D eigenvalue weighted by atomic mass is 9.94. The number of likely N-dealkylation sites (tertiary alicyclic amines) is 1. The van der Waals surface area contributed by atoms with E-state index in [1.165, 1.54) is 16.9 Å². The molecule has 3 aromatic heterocycles. The molecule has 0 saturated carbocycles. The molecule has 2 N–H and O–H groups in total. The van der Waals surface area contributed by atoms with Crippen molar-refractivity contribution < 1.29 is 4.79 Å². The topological polar surface area (TPSA) is 125 Å². The molecule has 1 saturated heterocycles. The van der Waals surface area contributed by atoms with Gasteiger partial charge in [0.05, 0.1) is 30.5 Å². The molecule has 10 nitrogen and oxygen atoms in total. The van der Waals surface area contributed by atoms with E-state index >= 15 is 0 Å². The highest BCUT2D eigenvalue weighted by molar-refractivity contribution is 7.14. The second kappa shape index (κ2) is 10.9. The molecule has 0 spiro atoms. The largest absolute Gasteiger partial charge is 0.349 e. The number of aryl methyl sites for hydroxylation is 2. The monoisotopic (exact) mass is 493 g/mol. The normalized spacial score (nSPS) is 16.1. The number of hydrogen-bond acceptors (Lipinski definition) is 9. The van der Waals surface area contributed by atoms with Crippen LogP contribution < -0.4 is 10.6 Å². The van der Waals surface area contributed by atoms with E-state index in [1.54, 1.807) is 5.38 Å². The second-order valence-corrected chi connectivity index (χ2v) is 9.75. The van der Waals surface area contributed by atoms with Gasteiger partial charge in [0.2, 0.25) is 0 Å². The maximum Gasteiger partial charge on any atom is 0.270 e. The lowest BCUT2D eigenvalue weighted by Gasteiger charge is -2.30. The summed E-state index contributed by atoms with van der Waals surface area (Å²) in [7, 11) is 0. The number of thiazole rings is 1. The molecule has 1 atom stereocenters. The summed E-state index contributed by atoms with van der Waals surface area (Å²) < 4.78 is 1.92. The number of nitrogens with one attached hydrogen (secondary N) is 2. The first-order chi connectivity index (χ1) is 16.8. The average Bonchev–Trinajstić information content (AvgIpc) is 3.39. The first-order valence-corrected chi connectivity index (χ1v) is 12.7. The molecule has 0 aliphatic carbocycles. The van der Waals surface area contributed by atoms with Gasteiger partial charge in [-0.2, -0.15) is 10.4 Å². The molecule has 35 heavy (non-hydrogen) atoms. The van der Waals surface area contributed by atoms with Crippen LogP contribution in [-0.4, -0.2) is 61.7 Å². The van der Waals surface area contributed by atoms with Crippen molar-refractivity contribution in [2.75, 3.05) is 31.5 Å². The fraction of sp³-hybridized carbons (Fsp3) is 0.500. The van der Waals surface area contributed by atoms with Gasteiger partial charge in [-0.25, -0.2) is 15.0 Å². The molecule has 11 heteroatoms. The number of rotatable bonds is 8. The van der Waals surface area contributed by atoms with Gasteiger partial charge in [-0.1, -0.05) is 0 Å². The molecule has 4 rings (SSSR count). The molecule has 0 radical (unpaired) electrons. The van der Waals surface area contributed by atoms with Gasteiger partial charge in [-0.15, -0.1) is 11.3 Å². The second-order valence-electron chi connectivity index (χ2n) is 8.90. The summed E-state index contributed by atoms with van der Waals surface area (Å²) in [6.45, 7) is 11.2. The highest BCUT2D eigenvalue weighted by Crippen LogP contribution is 2.28. The first-order valence-electron chi connectivity index (χ1n) is 11.8. The number of piperidine rings is 1. The Labute approximate surface area is 209 Å². The lowest BCUT2D eigenvalue weighted by Crippen LogP contribution is -2.35. The molecule has 3 aromatic rings. The van der Waals surface area contributed by atoms with Crippen molar-refractivity contribution >= 4 is 28.2 Å². The van der Waals surface area contributed by atoms with Crippen LogP contribution in [0, 0.1) is 39.0 Å². The Morgan fingerprint density at radius 3 is 2.83 bits per heavy atom. The molecule has 184 valence electrons. The van der Waals surface area contributed by atoms with E-state index in [-0.39, 0.29) is 11.8 Å². The molecule has 0 aromatic carbocycles. The minimum Gasteiger partial charge on any atom is -0.349 e. The number of nitrogens with zero attached hydrogens (tertiary/aromatic N) is 7. The van der Waals surface area contributed by atoms with Crippen LogP contribution >= 0.6 is 11.3 Å². The summed E-state index contributed by atoms with van der Waals surface area (Å²) in [5.74, 6) is 1.39. The van der Waals surface area contributed by atoms with Crippen LogP contribution in [0.1, 0.15) is 57.7 Å². The predicted molar refractivity (Wildman–Crippen MR) is 135 cm³/mol. The standard InChI is InChI=1S/C24H31N9OS/c1-15-16(2)31-33(17(15)3)11-8-26-23(34)21-14-35-24(29-21)30-22-12-20(27-18(4)28-22)19-6-5-9-32(13-19)10-7-25/h12,14,19H,5-6,8-11,13H2,1-4H3,(H,26,34)(H,27,28,29,30). The van der Waals surface area contributed by atoms with E-state index in [0.29, 0.717) is 42.1 Å². The Morgan fingerprint density at radius 1 is 1.26 bits per heavy atom. The van der Waals surface area contributed by atoms with Crippen LogP contribution in [0.2, 0.25) is 0 Å². The van der Waals surface area contributed by atoms with Crippen LogP contribution in [0.4, 0.5) is 10.9 Å². The van der Waals surface area contributed by atoms with E-state index in [1.807, 2.05) is 31.5 Å². The van der Waals surface area contributed by atoms with E-state index in [0.717, 1.165) is 43.0 Å². The maximum absolute atomic E-state index is 12.6. The van der Waals surface area contributed by atoms with Crippen LogP contribution in [-0.2, 0) is 6.54 Å². The smallest absolute Gasteiger partial charge is 0.270 e. The Balaban J connectivity index is 1.36. The van der Waals surface area contributed by atoms with Gasteiger partial charge in [0.1, 0.15) is 17.3 Å². The Morgan fingerprint density at radius 2 is 2.09 bits per heavy atom. The third-order valence-corrected chi connectivity index (χ3v) is 7.16. The molecule has 1 aliphatic heterocycles. The van der Waals surface area contributed by atoms with E-state index in [9.17, 15) is 4.79 Å². The van der Waals surface area contributed by atoms with Crippen molar-refractivity contribution in [1.29, 1.82) is 5.26 Å². The van der Waals surface area contributed by atoms with Crippen molar-refractivity contribution in [3.8, 4) is 6.07 Å². The van der Waals surface area contributed by atoms with Crippen LogP contribution in [0.15, 0.2) is 11.4 Å². The number of anilines is 2. The van der Waals surface area contributed by atoms with Crippen molar-refractivity contribution in [1.82, 2.24) is 34.9 Å². The van der Waals surface area contributed by atoms with Crippen molar-refractivity contribution in [3.63, 3.8) is 0 Å². The first kappa shape index (κ1) is 24.8. The summed E-state index contributed by atoms with van der Waals surface area (Å²) in [6.07, 6.45) is 2.08. The lowest BCUT2D eigenvalue weighted by molar-refractivity contribution is 0.0947. The Bertz CT molecular complexity index is 1240.